The first-order valence-corrected chi connectivity index (χ1v) is 13.9. The molecule has 0 aliphatic carbocycles. The van der Waals surface area contributed by atoms with Crippen molar-refractivity contribution < 1.29 is 22.0 Å². The molecule has 2 heterocycles. The molecule has 0 radical (unpaired) electrons. The van der Waals surface area contributed by atoms with E-state index in [1.807, 2.05) is 13.0 Å². The van der Waals surface area contributed by atoms with E-state index in [1.165, 1.54) is 30.3 Å². The van der Waals surface area contributed by atoms with Gasteiger partial charge in [-0.1, -0.05) is 29.3 Å². The molecule has 2 aromatic heterocycles. The van der Waals surface area contributed by atoms with Crippen LogP contribution in [0.25, 0.3) is 11.5 Å². The third-order valence-electron chi connectivity index (χ3n) is 5.27. The van der Waals surface area contributed by atoms with Gasteiger partial charge in [0.05, 0.1) is 28.8 Å². The summed E-state index contributed by atoms with van der Waals surface area (Å²) in [6, 6.07) is 10.9. The summed E-state index contributed by atoms with van der Waals surface area (Å²) < 4.78 is 49.5. The number of nitriles is 1. The molecule has 0 unspecified atom stereocenters. The lowest BCUT2D eigenvalue weighted by molar-refractivity contribution is 0.437. The number of nitrogens with one attached hydrogen (secondary N) is 1. The molecule has 13 heteroatoms. The highest BCUT2D eigenvalue weighted by Crippen LogP contribution is 2.36. The smallest absolute Gasteiger partial charge is 0.248 e. The number of aryl methyl sites for hydroxylation is 1. The Labute approximate surface area is 228 Å². The van der Waals surface area contributed by atoms with E-state index in [0.29, 0.717) is 11.4 Å². The fraction of sp³-hybridized carbons (Fsp3) is 0.200. The Bertz CT molecular complexity index is 1650. The van der Waals surface area contributed by atoms with Gasteiger partial charge in [-0.15, -0.1) is 10.2 Å². The van der Waals surface area contributed by atoms with Gasteiger partial charge in [-0.25, -0.2) is 17.8 Å². The first kappa shape index (κ1) is 27.3. The summed E-state index contributed by atoms with van der Waals surface area (Å²) in [4.78, 5) is 4.24. The number of halogens is 3. The van der Waals surface area contributed by atoms with E-state index >= 15 is 4.39 Å². The Morgan fingerprint density at radius 1 is 1.18 bits per heavy atom. The summed E-state index contributed by atoms with van der Waals surface area (Å²) in [5.41, 5.74) is 1.78. The van der Waals surface area contributed by atoms with Crippen LogP contribution in [0.5, 0.6) is 11.5 Å². The SMILES string of the molecule is Cc1cnc(NCCS(C)(=O)=O)cc1-c1nnc(Cc2ccc(Cl)c(Oc3cc(Cl)cc(C#N)c3)c2F)o1. The summed E-state index contributed by atoms with van der Waals surface area (Å²) in [6.45, 7) is 2.00. The fourth-order valence-corrected chi connectivity index (χ4v) is 4.30. The summed E-state index contributed by atoms with van der Waals surface area (Å²) in [5, 5.41) is 20.5. The zero-order valence-electron chi connectivity index (χ0n) is 20.1. The van der Waals surface area contributed by atoms with Gasteiger partial charge >= 0.3 is 0 Å². The van der Waals surface area contributed by atoms with Crippen LogP contribution in [0, 0.1) is 24.1 Å². The first-order valence-electron chi connectivity index (χ1n) is 11.1. The lowest BCUT2D eigenvalue weighted by Crippen LogP contribution is -2.14. The molecule has 2 aromatic carbocycles. The van der Waals surface area contributed by atoms with Crippen LogP contribution >= 0.6 is 23.2 Å². The molecular weight excluding hydrogens is 556 g/mol. The van der Waals surface area contributed by atoms with Gasteiger partial charge in [-0.05, 0) is 42.8 Å². The molecule has 0 saturated heterocycles. The van der Waals surface area contributed by atoms with E-state index in [0.717, 1.165) is 11.8 Å². The Balaban J connectivity index is 1.55. The second kappa shape index (κ2) is 11.3. The predicted molar refractivity (Wildman–Crippen MR) is 141 cm³/mol. The van der Waals surface area contributed by atoms with Gasteiger partial charge in [0, 0.05) is 35.1 Å². The van der Waals surface area contributed by atoms with E-state index < -0.39 is 15.7 Å². The normalized spacial score (nSPS) is 11.3. The van der Waals surface area contributed by atoms with E-state index in [9.17, 15) is 8.42 Å². The average molecular weight is 576 g/mol. The minimum atomic E-state index is -3.12. The van der Waals surface area contributed by atoms with E-state index in [1.54, 1.807) is 12.3 Å². The fourth-order valence-electron chi connectivity index (χ4n) is 3.42. The van der Waals surface area contributed by atoms with Gasteiger partial charge in [0.2, 0.25) is 11.8 Å². The van der Waals surface area contributed by atoms with Crippen molar-refractivity contribution in [1.29, 1.82) is 5.26 Å². The van der Waals surface area contributed by atoms with Gasteiger partial charge in [0.15, 0.2) is 11.6 Å². The Hall–Kier alpha value is -3.72. The predicted octanol–water partition coefficient (Wildman–Crippen LogP) is 5.60. The second-order valence-electron chi connectivity index (χ2n) is 8.36. The Morgan fingerprint density at radius 2 is 1.97 bits per heavy atom. The van der Waals surface area contributed by atoms with Crippen molar-refractivity contribution in [3.63, 3.8) is 0 Å². The number of anilines is 1. The topological polar surface area (TPSA) is 131 Å². The van der Waals surface area contributed by atoms with Crippen LogP contribution in [0.1, 0.15) is 22.6 Å². The van der Waals surface area contributed by atoms with Crippen LogP contribution < -0.4 is 10.1 Å². The number of ether oxygens (including phenoxy) is 1. The van der Waals surface area contributed by atoms with Crippen LogP contribution in [0.2, 0.25) is 10.0 Å². The van der Waals surface area contributed by atoms with Crippen molar-refractivity contribution in [2.45, 2.75) is 13.3 Å². The first-order chi connectivity index (χ1) is 18.0. The molecule has 0 saturated carbocycles. The molecule has 0 atom stereocenters. The maximum absolute atomic E-state index is 15.4. The molecular formula is C25H20Cl2FN5O4S. The van der Waals surface area contributed by atoms with Crippen molar-refractivity contribution >= 4 is 38.9 Å². The Morgan fingerprint density at radius 3 is 2.71 bits per heavy atom. The maximum Gasteiger partial charge on any atom is 0.248 e. The average Bonchev–Trinajstić information content (AvgIpc) is 3.32. The highest BCUT2D eigenvalue weighted by Gasteiger charge is 2.19. The van der Waals surface area contributed by atoms with Gasteiger partial charge in [0.25, 0.3) is 0 Å². The zero-order chi connectivity index (χ0) is 27.4. The van der Waals surface area contributed by atoms with Crippen LogP contribution in [-0.2, 0) is 16.3 Å². The van der Waals surface area contributed by atoms with Gasteiger partial charge in [-0.2, -0.15) is 5.26 Å². The number of aromatic nitrogens is 3. The lowest BCUT2D eigenvalue weighted by Gasteiger charge is -2.12. The molecule has 196 valence electrons. The van der Waals surface area contributed by atoms with Crippen molar-refractivity contribution in [3.8, 4) is 29.0 Å². The molecule has 1 N–H and O–H groups in total. The van der Waals surface area contributed by atoms with E-state index in [4.69, 9.17) is 37.6 Å². The molecule has 4 rings (SSSR count). The van der Waals surface area contributed by atoms with Gasteiger partial charge in [0.1, 0.15) is 21.4 Å². The second-order valence-corrected chi connectivity index (χ2v) is 11.5. The van der Waals surface area contributed by atoms with Gasteiger partial charge < -0.3 is 14.5 Å². The number of nitrogens with zero attached hydrogens (tertiary/aromatic N) is 4. The lowest BCUT2D eigenvalue weighted by atomic mass is 10.1. The molecule has 9 nitrogen and oxygen atoms in total. The molecule has 0 amide bonds. The molecule has 0 aliphatic rings. The minimum absolute atomic E-state index is 0.0271. The van der Waals surface area contributed by atoms with Crippen molar-refractivity contribution in [1.82, 2.24) is 15.2 Å². The number of benzene rings is 2. The number of sulfone groups is 1. The maximum atomic E-state index is 15.4. The van der Waals surface area contributed by atoms with Crippen LogP contribution in [-0.4, -0.2) is 42.2 Å². The van der Waals surface area contributed by atoms with Crippen molar-refractivity contribution in [2.75, 3.05) is 23.9 Å². The van der Waals surface area contributed by atoms with Crippen molar-refractivity contribution in [2.24, 2.45) is 0 Å². The van der Waals surface area contributed by atoms with Crippen LogP contribution in [0.4, 0.5) is 10.2 Å². The zero-order valence-corrected chi connectivity index (χ0v) is 22.5. The highest BCUT2D eigenvalue weighted by molar-refractivity contribution is 7.90. The molecule has 0 bridgehead atoms. The van der Waals surface area contributed by atoms with E-state index in [-0.39, 0.29) is 63.2 Å². The summed E-state index contributed by atoms with van der Waals surface area (Å²) in [7, 11) is -3.12. The molecule has 38 heavy (non-hydrogen) atoms. The largest absolute Gasteiger partial charge is 0.453 e. The number of rotatable bonds is 9. The highest BCUT2D eigenvalue weighted by atomic mass is 35.5. The third kappa shape index (κ3) is 6.77. The summed E-state index contributed by atoms with van der Waals surface area (Å²) in [5.74, 6) is -0.0683. The number of hydrogen-bond donors (Lipinski definition) is 1. The molecule has 4 aromatic rings. The van der Waals surface area contributed by atoms with Gasteiger partial charge in [-0.3, -0.25) is 0 Å². The number of hydrogen-bond acceptors (Lipinski definition) is 9. The quantitative estimate of drug-likeness (QED) is 0.271. The minimum Gasteiger partial charge on any atom is -0.453 e. The number of pyridine rings is 1. The van der Waals surface area contributed by atoms with Crippen molar-refractivity contribution in [3.05, 3.63) is 81.0 Å². The molecule has 0 fully saturated rings. The molecule has 0 aliphatic heterocycles. The summed E-state index contributed by atoms with van der Waals surface area (Å²) >= 11 is 12.2. The third-order valence-corrected chi connectivity index (χ3v) is 6.73. The van der Waals surface area contributed by atoms with E-state index in [2.05, 4.69) is 20.5 Å². The Kier molecular flexibility index (Phi) is 8.16. The standard InChI is InChI=1S/C25H20Cl2FN5O4S/c1-14-13-31-21(30-5-6-38(2,34)35)11-19(14)25-33-32-22(37-25)9-16-3-4-20(27)24(23(16)28)36-18-8-15(12-29)7-17(26)10-18/h3-4,7-8,10-11,13H,5-6,9H2,1-2H3,(H,30,31). The van der Waals surface area contributed by atoms with Crippen LogP contribution in [0.15, 0.2) is 47.0 Å². The summed E-state index contributed by atoms with van der Waals surface area (Å²) in [6.07, 6.45) is 2.70. The molecule has 0 spiro atoms. The monoisotopic (exact) mass is 575 g/mol. The van der Waals surface area contributed by atoms with Crippen LogP contribution in [0.3, 0.4) is 0 Å².